The van der Waals surface area contributed by atoms with Gasteiger partial charge in [-0.1, -0.05) is 18.1 Å². The molecule has 1 atom stereocenters. The van der Waals surface area contributed by atoms with Gasteiger partial charge in [0.2, 0.25) is 0 Å². The number of aliphatic hydroxyl groups is 1. The molecule has 10 heavy (non-hydrogen) atoms. The molecule has 1 rings (SSSR count). The van der Waals surface area contributed by atoms with E-state index in [9.17, 15) is 0 Å². The van der Waals surface area contributed by atoms with Gasteiger partial charge in [0, 0.05) is 0 Å². The van der Waals surface area contributed by atoms with Crippen molar-refractivity contribution < 1.29 is 5.11 Å². The molecule has 0 aromatic heterocycles. The summed E-state index contributed by atoms with van der Waals surface area (Å²) in [7, 11) is 0. The third kappa shape index (κ3) is 2.53. The highest BCUT2D eigenvalue weighted by Gasteiger charge is 2.05. The lowest BCUT2D eigenvalue weighted by molar-refractivity contribution is 0.242. The molecule has 0 bridgehead atoms. The van der Waals surface area contributed by atoms with Crippen molar-refractivity contribution >= 4 is 0 Å². The quantitative estimate of drug-likeness (QED) is 0.554. The molecule has 0 amide bonds. The van der Waals surface area contributed by atoms with Crippen molar-refractivity contribution in [3.05, 3.63) is 11.6 Å². The van der Waals surface area contributed by atoms with Gasteiger partial charge >= 0.3 is 0 Å². The average Bonchev–Trinajstić information content (AvgIpc) is 1.88. The summed E-state index contributed by atoms with van der Waals surface area (Å²) >= 11 is 0. The number of allylic oxidation sites excluding steroid dienone is 1. The second-order valence-corrected chi connectivity index (χ2v) is 3.13. The van der Waals surface area contributed by atoms with E-state index in [0.717, 1.165) is 0 Å². The van der Waals surface area contributed by atoms with Crippen LogP contribution in [0.4, 0.5) is 0 Å². The van der Waals surface area contributed by atoms with Gasteiger partial charge in [-0.2, -0.15) is 0 Å². The number of rotatable bonds is 1. The summed E-state index contributed by atoms with van der Waals surface area (Å²) < 4.78 is 0. The molecule has 1 nitrogen and oxygen atoms in total. The van der Waals surface area contributed by atoms with E-state index in [1.807, 2.05) is 13.0 Å². The second-order valence-electron chi connectivity index (χ2n) is 3.13. The Labute approximate surface area is 62.8 Å². The Hall–Kier alpha value is -0.300. The highest BCUT2D eigenvalue weighted by molar-refractivity contribution is 5.06. The van der Waals surface area contributed by atoms with E-state index in [0.29, 0.717) is 0 Å². The van der Waals surface area contributed by atoms with Crippen LogP contribution in [0, 0.1) is 0 Å². The summed E-state index contributed by atoms with van der Waals surface area (Å²) in [6.07, 6.45) is 8.19. The largest absolute Gasteiger partial charge is 0.389 e. The SMILES string of the molecule is CC(O)C=C1CCCCC1. The van der Waals surface area contributed by atoms with E-state index in [-0.39, 0.29) is 6.10 Å². The van der Waals surface area contributed by atoms with Crippen molar-refractivity contribution in [1.29, 1.82) is 0 Å². The Balaban J connectivity index is 2.37. The van der Waals surface area contributed by atoms with Crippen LogP contribution in [0.5, 0.6) is 0 Å². The normalized spacial score (nSPS) is 22.4. The van der Waals surface area contributed by atoms with Gasteiger partial charge in [-0.3, -0.25) is 0 Å². The molecule has 1 aliphatic carbocycles. The first-order chi connectivity index (χ1) is 4.79. The van der Waals surface area contributed by atoms with Crippen LogP contribution in [0.25, 0.3) is 0 Å². The van der Waals surface area contributed by atoms with Crippen molar-refractivity contribution in [2.45, 2.75) is 45.1 Å². The standard InChI is InChI=1S/C9H16O/c1-8(10)7-9-5-3-2-4-6-9/h7-8,10H,2-6H2,1H3. The first-order valence-corrected chi connectivity index (χ1v) is 4.16. The number of aliphatic hydroxyl groups excluding tert-OH is 1. The predicted octanol–water partition coefficient (Wildman–Crippen LogP) is 2.26. The summed E-state index contributed by atoms with van der Waals surface area (Å²) in [5.74, 6) is 0. The molecule has 1 fully saturated rings. The second kappa shape index (κ2) is 3.77. The van der Waals surface area contributed by atoms with Gasteiger partial charge in [0.15, 0.2) is 0 Å². The van der Waals surface area contributed by atoms with Crippen molar-refractivity contribution in [2.75, 3.05) is 0 Å². The van der Waals surface area contributed by atoms with Crippen LogP contribution in [0.15, 0.2) is 11.6 Å². The lowest BCUT2D eigenvalue weighted by Gasteiger charge is -2.13. The highest BCUT2D eigenvalue weighted by Crippen LogP contribution is 2.22. The van der Waals surface area contributed by atoms with Crippen molar-refractivity contribution in [2.24, 2.45) is 0 Å². The van der Waals surface area contributed by atoms with Gasteiger partial charge in [0.05, 0.1) is 6.10 Å². The summed E-state index contributed by atoms with van der Waals surface area (Å²) in [4.78, 5) is 0. The van der Waals surface area contributed by atoms with Crippen LogP contribution < -0.4 is 0 Å². The smallest absolute Gasteiger partial charge is 0.0695 e. The number of hydrogen-bond donors (Lipinski definition) is 1. The Morgan fingerprint density at radius 1 is 1.30 bits per heavy atom. The molecule has 0 aromatic rings. The summed E-state index contributed by atoms with van der Waals surface area (Å²) in [6, 6.07) is 0. The molecular formula is C9H16O. The van der Waals surface area contributed by atoms with Crippen LogP contribution in [0.3, 0.4) is 0 Å². The fourth-order valence-corrected chi connectivity index (χ4v) is 1.51. The Morgan fingerprint density at radius 2 is 1.90 bits per heavy atom. The minimum absolute atomic E-state index is 0.243. The number of hydrogen-bond acceptors (Lipinski definition) is 1. The van der Waals surface area contributed by atoms with Crippen LogP contribution in [0.1, 0.15) is 39.0 Å². The van der Waals surface area contributed by atoms with Crippen molar-refractivity contribution in [3.63, 3.8) is 0 Å². The topological polar surface area (TPSA) is 20.2 Å². The molecule has 0 radical (unpaired) electrons. The zero-order valence-corrected chi connectivity index (χ0v) is 6.64. The van der Waals surface area contributed by atoms with E-state index in [2.05, 4.69) is 0 Å². The fourth-order valence-electron chi connectivity index (χ4n) is 1.51. The first kappa shape index (κ1) is 7.80. The van der Waals surface area contributed by atoms with Crippen molar-refractivity contribution in [3.8, 4) is 0 Å². The Kier molecular flexibility index (Phi) is 2.94. The van der Waals surface area contributed by atoms with Crippen LogP contribution in [-0.2, 0) is 0 Å². The van der Waals surface area contributed by atoms with Gasteiger partial charge in [-0.05, 0) is 32.6 Å². The minimum atomic E-state index is -0.243. The van der Waals surface area contributed by atoms with Gasteiger partial charge < -0.3 is 5.11 Å². The minimum Gasteiger partial charge on any atom is -0.389 e. The molecule has 1 aliphatic rings. The third-order valence-electron chi connectivity index (χ3n) is 1.97. The molecule has 1 heteroatoms. The zero-order valence-electron chi connectivity index (χ0n) is 6.64. The monoisotopic (exact) mass is 140 g/mol. The molecule has 0 saturated heterocycles. The van der Waals surface area contributed by atoms with E-state index < -0.39 is 0 Å². The molecule has 0 aliphatic heterocycles. The van der Waals surface area contributed by atoms with E-state index >= 15 is 0 Å². The van der Waals surface area contributed by atoms with E-state index in [1.165, 1.54) is 37.7 Å². The van der Waals surface area contributed by atoms with Crippen LogP contribution in [-0.4, -0.2) is 11.2 Å². The van der Waals surface area contributed by atoms with E-state index in [1.54, 1.807) is 0 Å². The maximum absolute atomic E-state index is 9.03. The Bertz CT molecular complexity index is 117. The molecule has 58 valence electrons. The maximum Gasteiger partial charge on any atom is 0.0695 e. The lowest BCUT2D eigenvalue weighted by atomic mass is 9.94. The van der Waals surface area contributed by atoms with Gasteiger partial charge in [0.25, 0.3) is 0 Å². The highest BCUT2D eigenvalue weighted by atomic mass is 16.3. The van der Waals surface area contributed by atoms with Gasteiger partial charge in [0.1, 0.15) is 0 Å². The zero-order chi connectivity index (χ0) is 7.40. The first-order valence-electron chi connectivity index (χ1n) is 4.16. The lowest BCUT2D eigenvalue weighted by Crippen LogP contribution is -2.00. The predicted molar refractivity (Wildman–Crippen MR) is 42.8 cm³/mol. The molecular weight excluding hydrogens is 124 g/mol. The Morgan fingerprint density at radius 3 is 2.40 bits per heavy atom. The fraction of sp³-hybridized carbons (Fsp3) is 0.778. The molecule has 0 spiro atoms. The van der Waals surface area contributed by atoms with Gasteiger partial charge in [-0.15, -0.1) is 0 Å². The van der Waals surface area contributed by atoms with Crippen LogP contribution >= 0.6 is 0 Å². The molecule has 0 heterocycles. The molecule has 0 aromatic carbocycles. The molecule has 1 saturated carbocycles. The molecule has 1 N–H and O–H groups in total. The summed E-state index contributed by atoms with van der Waals surface area (Å²) in [6.45, 7) is 1.82. The molecule has 1 unspecified atom stereocenters. The van der Waals surface area contributed by atoms with E-state index in [4.69, 9.17) is 5.11 Å². The third-order valence-corrected chi connectivity index (χ3v) is 1.97. The summed E-state index contributed by atoms with van der Waals surface area (Å²) in [5.41, 5.74) is 1.46. The average molecular weight is 140 g/mol. The maximum atomic E-state index is 9.03. The van der Waals surface area contributed by atoms with Crippen LogP contribution in [0.2, 0.25) is 0 Å². The summed E-state index contributed by atoms with van der Waals surface area (Å²) in [5, 5.41) is 9.03. The van der Waals surface area contributed by atoms with Gasteiger partial charge in [-0.25, -0.2) is 0 Å². The van der Waals surface area contributed by atoms with Crippen molar-refractivity contribution in [1.82, 2.24) is 0 Å².